The van der Waals surface area contributed by atoms with Gasteiger partial charge in [0.2, 0.25) is 11.8 Å². The lowest BCUT2D eigenvalue weighted by molar-refractivity contribution is -0.141. The maximum absolute atomic E-state index is 13.4. The van der Waals surface area contributed by atoms with Gasteiger partial charge in [0.25, 0.3) is 0 Å². The van der Waals surface area contributed by atoms with Crippen LogP contribution in [0.2, 0.25) is 5.02 Å². The first-order valence-electron chi connectivity index (χ1n) is 11.7. The van der Waals surface area contributed by atoms with Crippen molar-refractivity contribution >= 4 is 35.2 Å². The molecule has 0 spiro atoms. The van der Waals surface area contributed by atoms with Crippen molar-refractivity contribution in [1.82, 2.24) is 10.2 Å². The van der Waals surface area contributed by atoms with Crippen molar-refractivity contribution in [2.45, 2.75) is 75.4 Å². The maximum Gasteiger partial charge on any atom is 0.243 e. The number of nitrogens with one attached hydrogen (secondary N) is 1. The summed E-state index contributed by atoms with van der Waals surface area (Å²) in [6, 6.07) is 13.3. The summed E-state index contributed by atoms with van der Waals surface area (Å²) in [7, 11) is 0. The van der Waals surface area contributed by atoms with Crippen LogP contribution in [0.25, 0.3) is 0 Å². The highest BCUT2D eigenvalue weighted by molar-refractivity contribution is 7.99. The number of halogens is 2. The summed E-state index contributed by atoms with van der Waals surface area (Å²) in [6.45, 7) is 2.21. The molecule has 0 bridgehead atoms. The molecule has 1 fully saturated rings. The zero-order valence-electron chi connectivity index (χ0n) is 19.1. The van der Waals surface area contributed by atoms with Gasteiger partial charge in [0, 0.05) is 34.7 Å². The van der Waals surface area contributed by atoms with Gasteiger partial charge < -0.3 is 10.2 Å². The first kappa shape index (κ1) is 25.6. The van der Waals surface area contributed by atoms with Crippen LogP contribution in [0, 0.1) is 5.82 Å². The zero-order valence-corrected chi connectivity index (χ0v) is 20.6. The van der Waals surface area contributed by atoms with E-state index in [1.54, 1.807) is 28.8 Å². The molecule has 3 rings (SSSR count). The molecule has 0 saturated heterocycles. The van der Waals surface area contributed by atoms with Gasteiger partial charge in [0.15, 0.2) is 0 Å². The average Bonchev–Trinajstić information content (AvgIpc) is 2.82. The topological polar surface area (TPSA) is 49.4 Å². The summed E-state index contributed by atoms with van der Waals surface area (Å²) in [5.41, 5.74) is 0.805. The minimum absolute atomic E-state index is 0.0774. The number of amides is 2. The second kappa shape index (κ2) is 13.0. The molecule has 4 nitrogen and oxygen atoms in total. The summed E-state index contributed by atoms with van der Waals surface area (Å²) in [5.74, 6) is 0.107. The summed E-state index contributed by atoms with van der Waals surface area (Å²) >= 11 is 7.53. The molecular weight excluding hydrogens is 459 g/mol. The summed E-state index contributed by atoms with van der Waals surface area (Å²) in [5, 5.41) is 3.85. The maximum atomic E-state index is 13.4. The fourth-order valence-electron chi connectivity index (χ4n) is 4.18. The first-order valence-corrected chi connectivity index (χ1v) is 13.0. The summed E-state index contributed by atoms with van der Waals surface area (Å²) in [6.07, 6.45) is 6.28. The largest absolute Gasteiger partial charge is 0.352 e. The Kier molecular flexibility index (Phi) is 10.1. The van der Waals surface area contributed by atoms with Crippen molar-refractivity contribution in [3.8, 4) is 0 Å². The van der Waals surface area contributed by atoms with Gasteiger partial charge in [-0.1, -0.05) is 49.9 Å². The molecule has 1 saturated carbocycles. The number of thioether (sulfide) groups is 1. The molecule has 1 N–H and O–H groups in total. The van der Waals surface area contributed by atoms with E-state index in [1.807, 2.05) is 31.2 Å². The number of carbonyl (C=O) groups is 2. The molecule has 0 aliphatic heterocycles. The third-order valence-corrected chi connectivity index (χ3v) is 7.27. The van der Waals surface area contributed by atoms with E-state index in [0.29, 0.717) is 23.6 Å². The second-order valence-electron chi connectivity index (χ2n) is 8.47. The van der Waals surface area contributed by atoms with E-state index >= 15 is 0 Å². The molecular formula is C26H32ClFN2O2S. The smallest absolute Gasteiger partial charge is 0.243 e. The third kappa shape index (κ3) is 8.04. The molecule has 2 aromatic rings. The van der Waals surface area contributed by atoms with Crippen LogP contribution >= 0.6 is 23.4 Å². The molecule has 1 aliphatic rings. The Morgan fingerprint density at radius 1 is 1.09 bits per heavy atom. The van der Waals surface area contributed by atoms with Gasteiger partial charge in [0.1, 0.15) is 11.9 Å². The Morgan fingerprint density at radius 3 is 2.39 bits per heavy atom. The number of hydrogen-bond acceptors (Lipinski definition) is 3. The van der Waals surface area contributed by atoms with Crippen LogP contribution < -0.4 is 5.32 Å². The molecule has 33 heavy (non-hydrogen) atoms. The van der Waals surface area contributed by atoms with E-state index in [0.717, 1.165) is 36.1 Å². The lowest BCUT2D eigenvalue weighted by Crippen LogP contribution is -2.51. The molecule has 7 heteroatoms. The van der Waals surface area contributed by atoms with Gasteiger partial charge in [-0.05, 0) is 61.2 Å². The number of hydrogen-bond donors (Lipinski definition) is 1. The molecule has 0 radical (unpaired) electrons. The Bertz CT molecular complexity index is 902. The highest BCUT2D eigenvalue weighted by atomic mass is 35.5. The third-order valence-electron chi connectivity index (χ3n) is 6.00. The number of carbonyl (C=O) groups excluding carboxylic acids is 2. The number of nitrogens with zero attached hydrogens (tertiary/aromatic N) is 1. The van der Waals surface area contributed by atoms with Gasteiger partial charge in [-0.25, -0.2) is 4.39 Å². The first-order chi connectivity index (χ1) is 16.0. The van der Waals surface area contributed by atoms with Crippen molar-refractivity contribution < 1.29 is 14.0 Å². The monoisotopic (exact) mass is 490 g/mol. The van der Waals surface area contributed by atoms with E-state index in [1.165, 1.54) is 18.6 Å². The fourth-order valence-corrected chi connectivity index (χ4v) is 5.15. The highest BCUT2D eigenvalue weighted by Gasteiger charge is 2.30. The summed E-state index contributed by atoms with van der Waals surface area (Å²) in [4.78, 5) is 29.2. The standard InChI is InChI=1S/C26H32ClFN2O2S/c1-2-24(26(32)29-22-6-4-3-5-7-22)30(18-19-8-12-21(28)13-9-19)25(31)16-17-33-23-14-10-20(27)11-15-23/h8-15,22,24H,2-7,16-18H2,1H3,(H,29,32)/t24-/m1/s1. The van der Waals surface area contributed by atoms with E-state index in [-0.39, 0.29) is 30.2 Å². The van der Waals surface area contributed by atoms with Crippen LogP contribution in [0.1, 0.15) is 57.4 Å². The van der Waals surface area contributed by atoms with E-state index in [9.17, 15) is 14.0 Å². The Morgan fingerprint density at radius 2 is 1.76 bits per heavy atom. The minimum Gasteiger partial charge on any atom is -0.352 e. The van der Waals surface area contributed by atoms with Crippen molar-refractivity contribution in [1.29, 1.82) is 0 Å². The Labute approximate surface area is 205 Å². The predicted molar refractivity (Wildman–Crippen MR) is 133 cm³/mol. The average molecular weight is 491 g/mol. The van der Waals surface area contributed by atoms with Crippen molar-refractivity contribution in [3.63, 3.8) is 0 Å². The van der Waals surface area contributed by atoms with Gasteiger partial charge in [0.05, 0.1) is 0 Å². The van der Waals surface area contributed by atoms with Gasteiger partial charge in [-0.15, -0.1) is 11.8 Å². The highest BCUT2D eigenvalue weighted by Crippen LogP contribution is 2.23. The van der Waals surface area contributed by atoms with Crippen LogP contribution in [-0.2, 0) is 16.1 Å². The molecule has 2 amide bonds. The predicted octanol–water partition coefficient (Wildman–Crippen LogP) is 6.22. The van der Waals surface area contributed by atoms with Crippen LogP contribution in [0.4, 0.5) is 4.39 Å². The van der Waals surface area contributed by atoms with Crippen LogP contribution in [-0.4, -0.2) is 34.6 Å². The van der Waals surface area contributed by atoms with E-state index in [4.69, 9.17) is 11.6 Å². The Balaban J connectivity index is 1.68. The molecule has 178 valence electrons. The van der Waals surface area contributed by atoms with Gasteiger partial charge in [-0.3, -0.25) is 9.59 Å². The molecule has 2 aromatic carbocycles. The number of rotatable bonds is 10. The van der Waals surface area contributed by atoms with Crippen molar-refractivity contribution in [2.24, 2.45) is 0 Å². The normalized spacial score (nSPS) is 15.1. The molecule has 0 aromatic heterocycles. The lowest BCUT2D eigenvalue weighted by atomic mass is 9.95. The minimum atomic E-state index is -0.551. The van der Waals surface area contributed by atoms with Crippen molar-refractivity contribution in [3.05, 3.63) is 64.9 Å². The van der Waals surface area contributed by atoms with Crippen LogP contribution in [0.3, 0.4) is 0 Å². The zero-order chi connectivity index (χ0) is 23.6. The van der Waals surface area contributed by atoms with Gasteiger partial charge in [-0.2, -0.15) is 0 Å². The summed E-state index contributed by atoms with van der Waals surface area (Å²) < 4.78 is 13.4. The Hall–Kier alpha value is -2.05. The van der Waals surface area contributed by atoms with Gasteiger partial charge >= 0.3 is 0 Å². The van der Waals surface area contributed by atoms with Crippen molar-refractivity contribution in [2.75, 3.05) is 5.75 Å². The van der Waals surface area contributed by atoms with E-state index < -0.39 is 6.04 Å². The molecule has 0 heterocycles. The lowest BCUT2D eigenvalue weighted by Gasteiger charge is -2.33. The number of benzene rings is 2. The second-order valence-corrected chi connectivity index (χ2v) is 10.1. The fraction of sp³-hybridized carbons (Fsp3) is 0.462. The molecule has 0 unspecified atom stereocenters. The molecule has 1 atom stereocenters. The van der Waals surface area contributed by atoms with E-state index in [2.05, 4.69) is 5.32 Å². The quantitative estimate of drug-likeness (QED) is 0.402. The van der Waals surface area contributed by atoms with Crippen LogP contribution in [0.5, 0.6) is 0 Å². The SMILES string of the molecule is CC[C@H](C(=O)NC1CCCCC1)N(Cc1ccc(F)cc1)C(=O)CCSc1ccc(Cl)cc1. The molecule has 1 aliphatic carbocycles. The van der Waals surface area contributed by atoms with Crippen LogP contribution in [0.15, 0.2) is 53.4 Å².